The van der Waals surface area contributed by atoms with Crippen LogP contribution >= 0.6 is 0 Å². The maximum atomic E-state index is 12.8. The maximum Gasteiger partial charge on any atom is 0.407 e. The van der Waals surface area contributed by atoms with Gasteiger partial charge in [-0.05, 0) is 58.2 Å². The van der Waals surface area contributed by atoms with Gasteiger partial charge in [0, 0.05) is 30.4 Å². The second-order valence-electron chi connectivity index (χ2n) is 8.21. The van der Waals surface area contributed by atoms with Crippen LogP contribution in [0.3, 0.4) is 0 Å². The summed E-state index contributed by atoms with van der Waals surface area (Å²) in [5, 5.41) is 2.85. The molecule has 162 valence electrons. The minimum atomic E-state index is -3.41. The van der Waals surface area contributed by atoms with Gasteiger partial charge >= 0.3 is 6.09 Å². The zero-order valence-corrected chi connectivity index (χ0v) is 18.3. The number of alkyl carbamates (subject to hydrolysis) is 1. The van der Waals surface area contributed by atoms with Crippen molar-refractivity contribution in [3.63, 3.8) is 0 Å². The number of carbonyl (C=O) groups is 2. The molecule has 1 fully saturated rings. The standard InChI is InChI=1S/C20H31N3O5S/c1-5-13-29(26,27)22-17-8-6-7-15(14-17)18(24)23-11-9-16(10-12-23)21-19(25)28-20(2,3)4/h6-8,14,16,22H,5,9-13H2,1-4H3,(H,21,25). The molecule has 1 aromatic carbocycles. The minimum Gasteiger partial charge on any atom is -0.444 e. The van der Waals surface area contributed by atoms with Crippen LogP contribution in [-0.2, 0) is 14.8 Å². The molecular formula is C20H31N3O5S. The summed E-state index contributed by atoms with van der Waals surface area (Å²) in [7, 11) is -3.41. The van der Waals surface area contributed by atoms with E-state index >= 15 is 0 Å². The second kappa shape index (κ2) is 9.47. The molecule has 0 unspecified atom stereocenters. The number of sulfonamides is 1. The van der Waals surface area contributed by atoms with E-state index in [1.54, 1.807) is 36.1 Å². The molecule has 0 saturated carbocycles. The second-order valence-corrected chi connectivity index (χ2v) is 10.1. The third-order valence-electron chi connectivity index (χ3n) is 4.36. The van der Waals surface area contributed by atoms with E-state index in [1.807, 2.05) is 20.8 Å². The highest BCUT2D eigenvalue weighted by Gasteiger charge is 2.26. The Kier molecular flexibility index (Phi) is 7.51. The average Bonchev–Trinajstić information content (AvgIpc) is 2.60. The van der Waals surface area contributed by atoms with E-state index in [-0.39, 0.29) is 17.7 Å². The third kappa shape index (κ3) is 7.56. The summed E-state index contributed by atoms with van der Waals surface area (Å²) in [4.78, 5) is 26.4. The number of likely N-dealkylation sites (tertiary alicyclic amines) is 1. The Labute approximate surface area is 173 Å². The van der Waals surface area contributed by atoms with Crippen molar-refractivity contribution < 1.29 is 22.7 Å². The van der Waals surface area contributed by atoms with Gasteiger partial charge in [0.05, 0.1) is 5.75 Å². The van der Waals surface area contributed by atoms with Crippen LogP contribution in [-0.4, -0.2) is 55.8 Å². The predicted octanol–water partition coefficient (Wildman–Crippen LogP) is 2.97. The van der Waals surface area contributed by atoms with E-state index in [9.17, 15) is 18.0 Å². The number of piperidine rings is 1. The van der Waals surface area contributed by atoms with Gasteiger partial charge in [-0.1, -0.05) is 13.0 Å². The first-order chi connectivity index (χ1) is 13.5. The Hall–Kier alpha value is -2.29. The summed E-state index contributed by atoms with van der Waals surface area (Å²) in [6, 6.07) is 6.47. The summed E-state index contributed by atoms with van der Waals surface area (Å²) in [6.45, 7) is 8.23. The molecule has 9 heteroatoms. The van der Waals surface area contributed by atoms with E-state index in [0.717, 1.165) is 0 Å². The smallest absolute Gasteiger partial charge is 0.407 e. The molecule has 1 aromatic rings. The van der Waals surface area contributed by atoms with Crippen LogP contribution in [0.4, 0.5) is 10.5 Å². The van der Waals surface area contributed by atoms with E-state index in [4.69, 9.17) is 4.74 Å². The fourth-order valence-electron chi connectivity index (χ4n) is 3.10. The molecule has 2 rings (SSSR count). The molecule has 1 aliphatic heterocycles. The quantitative estimate of drug-likeness (QED) is 0.729. The largest absolute Gasteiger partial charge is 0.444 e. The minimum absolute atomic E-state index is 0.0311. The van der Waals surface area contributed by atoms with Crippen molar-refractivity contribution >= 4 is 27.7 Å². The van der Waals surface area contributed by atoms with Crippen LogP contribution in [0.15, 0.2) is 24.3 Å². The molecule has 1 heterocycles. The van der Waals surface area contributed by atoms with Gasteiger partial charge in [0.15, 0.2) is 0 Å². The van der Waals surface area contributed by atoms with Crippen molar-refractivity contribution in [1.29, 1.82) is 0 Å². The normalized spacial score (nSPS) is 15.7. The number of hydrogen-bond acceptors (Lipinski definition) is 5. The average molecular weight is 426 g/mol. The lowest BCUT2D eigenvalue weighted by Crippen LogP contribution is -2.47. The van der Waals surface area contributed by atoms with Gasteiger partial charge in [-0.15, -0.1) is 0 Å². The van der Waals surface area contributed by atoms with E-state index in [2.05, 4.69) is 10.0 Å². The summed E-state index contributed by atoms with van der Waals surface area (Å²) in [6.07, 6.45) is 1.33. The third-order valence-corrected chi connectivity index (χ3v) is 5.85. The topological polar surface area (TPSA) is 105 Å². The van der Waals surface area contributed by atoms with Gasteiger partial charge in [0.25, 0.3) is 5.91 Å². The number of benzene rings is 1. The summed E-state index contributed by atoms with van der Waals surface area (Å²) < 4.78 is 31.7. The molecule has 29 heavy (non-hydrogen) atoms. The molecule has 0 spiro atoms. The SMILES string of the molecule is CCCS(=O)(=O)Nc1cccc(C(=O)N2CCC(NC(=O)OC(C)(C)C)CC2)c1. The van der Waals surface area contributed by atoms with Crippen molar-refractivity contribution in [1.82, 2.24) is 10.2 Å². The molecule has 0 aliphatic carbocycles. The van der Waals surface area contributed by atoms with Crippen LogP contribution in [0.1, 0.15) is 57.3 Å². The first kappa shape index (κ1) is 23.0. The van der Waals surface area contributed by atoms with Gasteiger partial charge in [-0.2, -0.15) is 0 Å². The number of rotatable bonds is 6. The van der Waals surface area contributed by atoms with Crippen LogP contribution < -0.4 is 10.0 Å². The number of hydrogen-bond donors (Lipinski definition) is 2. The van der Waals surface area contributed by atoms with Crippen molar-refractivity contribution in [3.05, 3.63) is 29.8 Å². The van der Waals surface area contributed by atoms with Crippen LogP contribution in [0.5, 0.6) is 0 Å². The highest BCUT2D eigenvalue weighted by molar-refractivity contribution is 7.92. The monoisotopic (exact) mass is 425 g/mol. The van der Waals surface area contributed by atoms with E-state index in [0.29, 0.717) is 43.6 Å². The lowest BCUT2D eigenvalue weighted by Gasteiger charge is -2.33. The lowest BCUT2D eigenvalue weighted by atomic mass is 10.0. The Morgan fingerprint density at radius 1 is 1.21 bits per heavy atom. The molecule has 0 radical (unpaired) electrons. The number of ether oxygens (including phenoxy) is 1. The highest BCUT2D eigenvalue weighted by atomic mass is 32.2. The molecule has 2 N–H and O–H groups in total. The summed E-state index contributed by atoms with van der Waals surface area (Å²) >= 11 is 0. The highest BCUT2D eigenvalue weighted by Crippen LogP contribution is 2.18. The van der Waals surface area contributed by atoms with Crippen molar-refractivity contribution in [2.24, 2.45) is 0 Å². The zero-order chi connectivity index (χ0) is 21.7. The van der Waals surface area contributed by atoms with Gasteiger partial charge in [-0.3, -0.25) is 9.52 Å². The number of nitrogens with zero attached hydrogens (tertiary/aromatic N) is 1. The lowest BCUT2D eigenvalue weighted by molar-refractivity contribution is 0.0473. The van der Waals surface area contributed by atoms with Crippen LogP contribution in [0.25, 0.3) is 0 Å². The van der Waals surface area contributed by atoms with E-state index in [1.165, 1.54) is 0 Å². The first-order valence-electron chi connectivity index (χ1n) is 9.88. The predicted molar refractivity (Wildman–Crippen MR) is 112 cm³/mol. The van der Waals surface area contributed by atoms with Gasteiger partial charge < -0.3 is 15.0 Å². The molecule has 1 aliphatic rings. The zero-order valence-electron chi connectivity index (χ0n) is 17.5. The first-order valence-corrected chi connectivity index (χ1v) is 11.5. The molecule has 0 bridgehead atoms. The molecular weight excluding hydrogens is 394 g/mol. The number of anilines is 1. The van der Waals surface area contributed by atoms with Crippen LogP contribution in [0, 0.1) is 0 Å². The number of amides is 2. The number of nitrogens with one attached hydrogen (secondary N) is 2. The van der Waals surface area contributed by atoms with Crippen molar-refractivity contribution in [2.45, 2.75) is 58.6 Å². The van der Waals surface area contributed by atoms with Crippen LogP contribution in [0.2, 0.25) is 0 Å². The Balaban J connectivity index is 1.92. The molecule has 0 atom stereocenters. The Bertz CT molecular complexity index is 825. The Morgan fingerprint density at radius 2 is 1.86 bits per heavy atom. The number of carbonyl (C=O) groups excluding carboxylic acids is 2. The fraction of sp³-hybridized carbons (Fsp3) is 0.600. The molecule has 1 saturated heterocycles. The van der Waals surface area contributed by atoms with Gasteiger partial charge in [-0.25, -0.2) is 13.2 Å². The van der Waals surface area contributed by atoms with Crippen molar-refractivity contribution in [2.75, 3.05) is 23.6 Å². The summed E-state index contributed by atoms with van der Waals surface area (Å²) in [5.41, 5.74) is 0.260. The van der Waals surface area contributed by atoms with Gasteiger partial charge in [0.2, 0.25) is 10.0 Å². The molecule has 2 amide bonds. The fourth-order valence-corrected chi connectivity index (χ4v) is 4.22. The van der Waals surface area contributed by atoms with Gasteiger partial charge in [0.1, 0.15) is 5.60 Å². The van der Waals surface area contributed by atoms with E-state index < -0.39 is 21.7 Å². The van der Waals surface area contributed by atoms with Crippen molar-refractivity contribution in [3.8, 4) is 0 Å². The Morgan fingerprint density at radius 3 is 2.45 bits per heavy atom. The summed E-state index contributed by atoms with van der Waals surface area (Å²) in [5.74, 6) is -0.124. The molecule has 0 aromatic heterocycles. The maximum absolute atomic E-state index is 12.8. The molecule has 8 nitrogen and oxygen atoms in total.